The van der Waals surface area contributed by atoms with Crippen LogP contribution in [-0.4, -0.2) is 75.3 Å². The highest BCUT2D eigenvalue weighted by Crippen LogP contribution is 2.22. The number of aliphatic hydroxyl groups is 4. The number of hydrogen-bond donors (Lipinski definition) is 5. The third-order valence-electron chi connectivity index (χ3n) is 2.98. The highest BCUT2D eigenvalue weighted by atomic mass is 16.5. The van der Waals surface area contributed by atoms with E-state index in [0.29, 0.717) is 11.4 Å². The lowest BCUT2D eigenvalue weighted by Crippen LogP contribution is -2.70. The quantitative estimate of drug-likeness (QED) is 0.221. The SMILES string of the molecule is CCCN(N=O)C(=O)N[C@@]1(O)CO[C@H](CO)[C@@H](O)[C@@H]1O. The van der Waals surface area contributed by atoms with Crippen molar-refractivity contribution in [2.24, 2.45) is 5.29 Å². The molecule has 10 heteroatoms. The third kappa shape index (κ3) is 3.41. The van der Waals surface area contributed by atoms with Crippen LogP contribution in [0.1, 0.15) is 13.3 Å². The monoisotopic (exact) mass is 293 g/mol. The van der Waals surface area contributed by atoms with Gasteiger partial charge in [0.1, 0.15) is 18.3 Å². The summed E-state index contributed by atoms with van der Waals surface area (Å²) in [6.45, 7) is 0.639. The van der Waals surface area contributed by atoms with E-state index in [1.54, 1.807) is 6.92 Å². The zero-order valence-electron chi connectivity index (χ0n) is 11.0. The van der Waals surface area contributed by atoms with Crippen molar-refractivity contribution in [2.45, 2.75) is 37.4 Å². The van der Waals surface area contributed by atoms with E-state index >= 15 is 0 Å². The van der Waals surface area contributed by atoms with E-state index in [-0.39, 0.29) is 6.54 Å². The number of amides is 2. The second kappa shape index (κ2) is 6.90. The molecular formula is C10H19N3O7. The molecule has 1 aliphatic rings. The van der Waals surface area contributed by atoms with Gasteiger partial charge in [-0.2, -0.15) is 5.01 Å². The molecule has 116 valence electrons. The van der Waals surface area contributed by atoms with Crippen LogP contribution in [0.5, 0.6) is 0 Å². The van der Waals surface area contributed by atoms with Gasteiger partial charge in [0.15, 0.2) is 5.72 Å². The van der Waals surface area contributed by atoms with Crippen molar-refractivity contribution < 1.29 is 30.0 Å². The van der Waals surface area contributed by atoms with Crippen LogP contribution < -0.4 is 5.32 Å². The Labute approximate surface area is 114 Å². The lowest BCUT2D eigenvalue weighted by Gasteiger charge is -2.43. The predicted molar refractivity (Wildman–Crippen MR) is 65.1 cm³/mol. The minimum absolute atomic E-state index is 0.0319. The van der Waals surface area contributed by atoms with Crippen LogP contribution in [0.4, 0.5) is 4.79 Å². The van der Waals surface area contributed by atoms with Gasteiger partial charge in [-0.3, -0.25) is 0 Å². The van der Waals surface area contributed by atoms with E-state index in [1.807, 2.05) is 5.32 Å². The summed E-state index contributed by atoms with van der Waals surface area (Å²) in [6, 6.07) is -1.03. The van der Waals surface area contributed by atoms with Crippen molar-refractivity contribution in [3.63, 3.8) is 0 Å². The number of nitrogens with one attached hydrogen (secondary N) is 1. The maximum Gasteiger partial charge on any atom is 0.342 e. The zero-order valence-corrected chi connectivity index (χ0v) is 11.0. The molecule has 1 saturated heterocycles. The average Bonchev–Trinajstić information content (AvgIpc) is 2.42. The summed E-state index contributed by atoms with van der Waals surface area (Å²) >= 11 is 0. The zero-order chi connectivity index (χ0) is 15.3. The summed E-state index contributed by atoms with van der Waals surface area (Å²) in [4.78, 5) is 22.2. The van der Waals surface area contributed by atoms with Gasteiger partial charge < -0.3 is 30.5 Å². The number of hydrogen-bond acceptors (Lipinski definition) is 8. The molecule has 0 bridgehead atoms. The largest absolute Gasteiger partial charge is 0.394 e. The van der Waals surface area contributed by atoms with Gasteiger partial charge in [0.05, 0.1) is 18.5 Å². The molecular weight excluding hydrogens is 274 g/mol. The van der Waals surface area contributed by atoms with Crippen molar-refractivity contribution in [3.05, 3.63) is 4.91 Å². The second-order valence-electron chi connectivity index (χ2n) is 4.53. The van der Waals surface area contributed by atoms with Crippen LogP contribution in [0.25, 0.3) is 0 Å². The van der Waals surface area contributed by atoms with E-state index in [4.69, 9.17) is 9.84 Å². The second-order valence-corrected chi connectivity index (χ2v) is 4.53. The van der Waals surface area contributed by atoms with E-state index < -0.39 is 43.3 Å². The van der Waals surface area contributed by atoms with Gasteiger partial charge in [0.25, 0.3) is 0 Å². The molecule has 1 heterocycles. The van der Waals surface area contributed by atoms with Gasteiger partial charge in [-0.1, -0.05) is 6.92 Å². The molecule has 5 N–H and O–H groups in total. The summed E-state index contributed by atoms with van der Waals surface area (Å²) < 4.78 is 4.95. The van der Waals surface area contributed by atoms with Gasteiger partial charge in [-0.25, -0.2) is 4.79 Å². The lowest BCUT2D eigenvalue weighted by atomic mass is 9.95. The van der Waals surface area contributed by atoms with E-state index in [2.05, 4.69) is 5.29 Å². The molecule has 2 amide bonds. The maximum absolute atomic E-state index is 11.7. The molecule has 1 fully saturated rings. The van der Waals surface area contributed by atoms with Crippen molar-refractivity contribution in [3.8, 4) is 0 Å². The number of nitrogens with zero attached hydrogens (tertiary/aromatic N) is 2. The third-order valence-corrected chi connectivity index (χ3v) is 2.98. The number of aliphatic hydroxyl groups excluding tert-OH is 3. The Bertz CT molecular complexity index is 356. The summed E-state index contributed by atoms with van der Waals surface area (Å²) in [5.41, 5.74) is -2.28. The molecule has 10 nitrogen and oxygen atoms in total. The maximum atomic E-state index is 11.7. The fourth-order valence-electron chi connectivity index (χ4n) is 1.82. The first-order chi connectivity index (χ1) is 9.39. The molecule has 0 radical (unpaired) electrons. The summed E-state index contributed by atoms with van der Waals surface area (Å²) in [7, 11) is 0. The van der Waals surface area contributed by atoms with Crippen LogP contribution >= 0.6 is 0 Å². The highest BCUT2D eigenvalue weighted by molar-refractivity contribution is 5.74. The van der Waals surface area contributed by atoms with Crippen LogP contribution in [0.2, 0.25) is 0 Å². The Hall–Kier alpha value is -1.33. The molecule has 0 aromatic rings. The van der Waals surface area contributed by atoms with Crippen LogP contribution in [0.15, 0.2) is 5.29 Å². The Kier molecular flexibility index (Phi) is 5.77. The lowest BCUT2D eigenvalue weighted by molar-refractivity contribution is -0.246. The number of nitroso groups, excluding NO2 is 1. The first kappa shape index (κ1) is 16.7. The summed E-state index contributed by atoms with van der Waals surface area (Å²) in [5.74, 6) is 0. The minimum atomic E-state index is -2.28. The molecule has 0 aromatic carbocycles. The molecule has 0 aromatic heterocycles. The van der Waals surface area contributed by atoms with Gasteiger partial charge in [0.2, 0.25) is 0 Å². The Morgan fingerprint density at radius 1 is 1.55 bits per heavy atom. The smallest absolute Gasteiger partial charge is 0.342 e. The molecule has 0 aliphatic carbocycles. The summed E-state index contributed by atoms with van der Waals surface area (Å²) in [6.07, 6.45) is -3.99. The molecule has 0 spiro atoms. The van der Waals surface area contributed by atoms with Gasteiger partial charge in [-0.05, 0) is 6.42 Å². The summed E-state index contributed by atoms with van der Waals surface area (Å²) in [5, 5.41) is 43.4. The minimum Gasteiger partial charge on any atom is -0.394 e. The fourth-order valence-corrected chi connectivity index (χ4v) is 1.82. The average molecular weight is 293 g/mol. The van der Waals surface area contributed by atoms with Gasteiger partial charge in [0, 0.05) is 6.54 Å². The standard InChI is InChI=1S/C10H19N3O7/c1-2-3-13(12-19)9(17)11-10(18)5-20-6(4-14)7(15)8(10)16/h6-8,14-16,18H,2-5H2,1H3,(H,11,17)/t6-,7-,8+,10-/m1/s1. The number of carbonyl (C=O) groups is 1. The first-order valence-electron chi connectivity index (χ1n) is 6.13. The van der Waals surface area contributed by atoms with Gasteiger partial charge in [-0.15, -0.1) is 4.91 Å². The van der Waals surface area contributed by atoms with Crippen molar-refractivity contribution in [1.29, 1.82) is 0 Å². The Morgan fingerprint density at radius 2 is 2.20 bits per heavy atom. The topological polar surface area (TPSA) is 152 Å². The highest BCUT2D eigenvalue weighted by Gasteiger charge is 2.49. The molecule has 4 atom stereocenters. The normalized spacial score (nSPS) is 33.5. The molecule has 1 rings (SSSR count). The van der Waals surface area contributed by atoms with Crippen LogP contribution in [0, 0.1) is 4.91 Å². The van der Waals surface area contributed by atoms with Crippen LogP contribution in [-0.2, 0) is 4.74 Å². The van der Waals surface area contributed by atoms with Gasteiger partial charge >= 0.3 is 6.03 Å². The molecule has 20 heavy (non-hydrogen) atoms. The molecule has 0 saturated carbocycles. The van der Waals surface area contributed by atoms with E-state index in [1.165, 1.54) is 0 Å². The molecule has 1 aliphatic heterocycles. The molecule has 0 unspecified atom stereocenters. The number of urea groups is 1. The van der Waals surface area contributed by atoms with Crippen molar-refractivity contribution in [2.75, 3.05) is 19.8 Å². The predicted octanol–water partition coefficient (Wildman–Crippen LogP) is -2.11. The van der Waals surface area contributed by atoms with E-state index in [0.717, 1.165) is 0 Å². The first-order valence-corrected chi connectivity index (χ1v) is 6.13. The van der Waals surface area contributed by atoms with Crippen molar-refractivity contribution in [1.82, 2.24) is 10.3 Å². The number of carbonyl (C=O) groups excluding carboxylic acids is 1. The van der Waals surface area contributed by atoms with Crippen LogP contribution in [0.3, 0.4) is 0 Å². The van der Waals surface area contributed by atoms with Crippen molar-refractivity contribution >= 4 is 6.03 Å². The Balaban J connectivity index is 2.74. The fraction of sp³-hybridized carbons (Fsp3) is 0.900. The van der Waals surface area contributed by atoms with E-state index in [9.17, 15) is 25.0 Å². The number of rotatable bonds is 5. The Morgan fingerprint density at radius 3 is 2.70 bits per heavy atom. The number of ether oxygens (including phenoxy) is 1.